The molecule has 1 aliphatic carbocycles. The summed E-state index contributed by atoms with van der Waals surface area (Å²) >= 11 is 0. The lowest BCUT2D eigenvalue weighted by molar-refractivity contribution is -0.892. The van der Waals surface area contributed by atoms with Crippen LogP contribution in [0.5, 0.6) is 5.75 Å². The quantitative estimate of drug-likeness (QED) is 0.856. The molecule has 142 valence electrons. The number of phenols is 1. The van der Waals surface area contributed by atoms with E-state index in [1.165, 1.54) is 43.4 Å². The van der Waals surface area contributed by atoms with Crippen LogP contribution in [0.2, 0.25) is 0 Å². The van der Waals surface area contributed by atoms with Crippen LogP contribution in [0.25, 0.3) is 0 Å². The molecular formula is C21H32N3O2+. The molecule has 1 saturated carbocycles. The largest absolute Gasteiger partial charge is 0.506 e. The number of carbonyl (C=O) groups is 1. The van der Waals surface area contributed by atoms with E-state index < -0.39 is 0 Å². The third-order valence-corrected chi connectivity index (χ3v) is 6.66. The van der Waals surface area contributed by atoms with Crippen molar-refractivity contribution in [3.63, 3.8) is 0 Å². The molecule has 2 atom stereocenters. The maximum Gasteiger partial charge on any atom is 0.278 e. The van der Waals surface area contributed by atoms with Crippen molar-refractivity contribution in [1.82, 2.24) is 4.90 Å². The van der Waals surface area contributed by atoms with Crippen LogP contribution < -0.4 is 9.80 Å². The van der Waals surface area contributed by atoms with Gasteiger partial charge >= 0.3 is 0 Å². The van der Waals surface area contributed by atoms with E-state index in [-0.39, 0.29) is 0 Å². The van der Waals surface area contributed by atoms with Crippen molar-refractivity contribution in [3.8, 4) is 5.75 Å². The SMILES string of the molecule is O=C(C[NH+]1CCN(c2ccccc2O)CC1)N1CCC[C@@H]2CCCC[C@H]21. The van der Waals surface area contributed by atoms with Crippen LogP contribution in [-0.2, 0) is 4.79 Å². The number of nitrogens with zero attached hydrogens (tertiary/aromatic N) is 2. The maximum absolute atomic E-state index is 13.0. The van der Waals surface area contributed by atoms with Crippen LogP contribution in [0.4, 0.5) is 5.69 Å². The van der Waals surface area contributed by atoms with E-state index in [0.29, 0.717) is 24.2 Å². The zero-order valence-corrected chi connectivity index (χ0v) is 15.7. The Bertz CT molecular complexity index is 625. The number of para-hydroxylation sites is 2. The van der Waals surface area contributed by atoms with Crippen molar-refractivity contribution in [1.29, 1.82) is 0 Å². The molecule has 2 heterocycles. The van der Waals surface area contributed by atoms with Crippen molar-refractivity contribution in [3.05, 3.63) is 24.3 Å². The summed E-state index contributed by atoms with van der Waals surface area (Å²) in [5, 5.41) is 10.0. The summed E-state index contributed by atoms with van der Waals surface area (Å²) in [4.78, 5) is 18.8. The molecule has 4 rings (SSSR count). The molecule has 0 unspecified atom stereocenters. The van der Waals surface area contributed by atoms with E-state index in [0.717, 1.165) is 44.3 Å². The molecule has 2 aliphatic heterocycles. The molecule has 0 bridgehead atoms. The Morgan fingerprint density at radius 3 is 2.58 bits per heavy atom. The Morgan fingerprint density at radius 1 is 1.04 bits per heavy atom. The molecule has 1 aromatic rings. The highest BCUT2D eigenvalue weighted by Gasteiger charge is 2.37. The minimum absolute atomic E-state index is 0.351. The molecule has 0 aromatic heterocycles. The number of nitrogens with one attached hydrogen (secondary N) is 1. The second kappa shape index (κ2) is 7.87. The number of likely N-dealkylation sites (tertiary alicyclic amines) is 1. The number of quaternary nitrogens is 1. The van der Waals surface area contributed by atoms with Gasteiger partial charge in [-0.15, -0.1) is 0 Å². The van der Waals surface area contributed by atoms with Crippen LogP contribution in [0.15, 0.2) is 24.3 Å². The van der Waals surface area contributed by atoms with Gasteiger partial charge in [0.15, 0.2) is 6.54 Å². The summed E-state index contributed by atoms with van der Waals surface area (Å²) < 4.78 is 0. The van der Waals surface area contributed by atoms with Gasteiger partial charge in [0.05, 0.1) is 31.9 Å². The molecule has 0 radical (unpaired) electrons. The first-order valence-corrected chi connectivity index (χ1v) is 10.4. The highest BCUT2D eigenvalue weighted by molar-refractivity contribution is 5.77. The number of piperazine rings is 1. The second-order valence-electron chi connectivity index (χ2n) is 8.24. The number of piperidine rings is 1. The number of fused-ring (bicyclic) bond motifs is 1. The van der Waals surface area contributed by atoms with Gasteiger partial charge in [-0.25, -0.2) is 0 Å². The fraction of sp³-hybridized carbons (Fsp3) is 0.667. The standard InChI is InChI=1S/C21H31N3O2/c25-20-10-4-3-9-19(20)23-14-12-22(13-15-23)16-21(26)24-11-5-7-17-6-1-2-8-18(17)24/h3-4,9-10,17-18,25H,1-2,5-8,11-16H2/p+1/t17-,18+/m0/s1. The predicted molar refractivity (Wildman–Crippen MR) is 103 cm³/mol. The Balaban J connectivity index is 1.31. The zero-order chi connectivity index (χ0) is 17.9. The molecule has 1 aromatic carbocycles. The lowest BCUT2D eigenvalue weighted by atomic mass is 9.78. The predicted octanol–water partition coefficient (Wildman–Crippen LogP) is 1.28. The molecule has 2 saturated heterocycles. The number of benzene rings is 1. The molecule has 5 heteroatoms. The summed E-state index contributed by atoms with van der Waals surface area (Å²) in [6, 6.07) is 8.06. The van der Waals surface area contributed by atoms with Gasteiger partial charge < -0.3 is 19.8 Å². The normalized spacial score (nSPS) is 27.2. The first-order valence-electron chi connectivity index (χ1n) is 10.4. The maximum atomic E-state index is 13.0. The van der Waals surface area contributed by atoms with E-state index >= 15 is 0 Å². The third-order valence-electron chi connectivity index (χ3n) is 6.66. The van der Waals surface area contributed by atoms with Crippen LogP contribution in [0.1, 0.15) is 38.5 Å². The molecule has 3 aliphatic rings. The van der Waals surface area contributed by atoms with Crippen LogP contribution in [0, 0.1) is 5.92 Å². The van der Waals surface area contributed by atoms with E-state index in [1.54, 1.807) is 6.07 Å². The van der Waals surface area contributed by atoms with E-state index in [2.05, 4.69) is 9.80 Å². The first kappa shape index (κ1) is 17.7. The number of carbonyl (C=O) groups excluding carboxylic acids is 1. The fourth-order valence-corrected chi connectivity index (χ4v) is 5.22. The van der Waals surface area contributed by atoms with E-state index in [4.69, 9.17) is 0 Å². The minimum atomic E-state index is 0.351. The number of amides is 1. The number of aromatic hydroxyl groups is 1. The lowest BCUT2D eigenvalue weighted by Gasteiger charge is -2.44. The second-order valence-corrected chi connectivity index (χ2v) is 8.24. The summed E-state index contributed by atoms with van der Waals surface area (Å²) in [6.45, 7) is 5.32. The van der Waals surface area contributed by atoms with Crippen molar-refractivity contribution in [2.45, 2.75) is 44.6 Å². The number of anilines is 1. The highest BCUT2D eigenvalue weighted by atomic mass is 16.3. The summed E-state index contributed by atoms with van der Waals surface area (Å²) in [6.07, 6.45) is 7.68. The number of phenolic OH excluding ortho intramolecular Hbond substituents is 1. The van der Waals surface area contributed by atoms with Gasteiger partial charge in [0.1, 0.15) is 5.75 Å². The molecule has 5 nitrogen and oxygen atoms in total. The monoisotopic (exact) mass is 358 g/mol. The van der Waals surface area contributed by atoms with Crippen molar-refractivity contribution in [2.24, 2.45) is 5.92 Å². The topological polar surface area (TPSA) is 48.2 Å². The van der Waals surface area contributed by atoms with Gasteiger partial charge in [-0.05, 0) is 43.7 Å². The van der Waals surface area contributed by atoms with Gasteiger partial charge in [-0.1, -0.05) is 25.0 Å². The van der Waals surface area contributed by atoms with Crippen molar-refractivity contribution >= 4 is 11.6 Å². The van der Waals surface area contributed by atoms with Gasteiger partial charge in [0, 0.05) is 12.6 Å². The fourth-order valence-electron chi connectivity index (χ4n) is 5.22. The first-order chi connectivity index (χ1) is 12.7. The Labute approximate surface area is 156 Å². The van der Waals surface area contributed by atoms with Crippen LogP contribution in [0.3, 0.4) is 0 Å². The lowest BCUT2D eigenvalue weighted by Crippen LogP contribution is -3.16. The Morgan fingerprint density at radius 2 is 1.77 bits per heavy atom. The average Bonchev–Trinajstić information content (AvgIpc) is 2.68. The van der Waals surface area contributed by atoms with Gasteiger partial charge in [0.25, 0.3) is 5.91 Å². The highest BCUT2D eigenvalue weighted by Crippen LogP contribution is 2.35. The van der Waals surface area contributed by atoms with Gasteiger partial charge in [-0.3, -0.25) is 4.79 Å². The minimum Gasteiger partial charge on any atom is -0.506 e. The molecular weight excluding hydrogens is 326 g/mol. The Hall–Kier alpha value is -1.75. The average molecular weight is 359 g/mol. The molecule has 3 fully saturated rings. The smallest absolute Gasteiger partial charge is 0.278 e. The number of hydrogen-bond acceptors (Lipinski definition) is 3. The van der Waals surface area contributed by atoms with Crippen molar-refractivity contribution < 1.29 is 14.8 Å². The number of rotatable bonds is 3. The summed E-state index contributed by atoms with van der Waals surface area (Å²) in [7, 11) is 0. The summed E-state index contributed by atoms with van der Waals surface area (Å²) in [5.41, 5.74) is 0.916. The van der Waals surface area contributed by atoms with E-state index in [1.807, 2.05) is 18.2 Å². The third kappa shape index (κ3) is 3.68. The molecule has 2 N–H and O–H groups in total. The van der Waals surface area contributed by atoms with Crippen LogP contribution in [-0.4, -0.2) is 61.2 Å². The zero-order valence-electron chi connectivity index (χ0n) is 15.7. The number of hydrogen-bond donors (Lipinski definition) is 2. The van der Waals surface area contributed by atoms with Crippen molar-refractivity contribution in [2.75, 3.05) is 44.2 Å². The molecule has 0 spiro atoms. The van der Waals surface area contributed by atoms with Gasteiger partial charge in [-0.2, -0.15) is 0 Å². The van der Waals surface area contributed by atoms with Gasteiger partial charge in [0.2, 0.25) is 0 Å². The summed E-state index contributed by atoms with van der Waals surface area (Å²) in [5.74, 6) is 1.48. The molecule has 26 heavy (non-hydrogen) atoms. The van der Waals surface area contributed by atoms with E-state index in [9.17, 15) is 9.90 Å². The Kier molecular flexibility index (Phi) is 5.34. The molecule has 1 amide bonds. The van der Waals surface area contributed by atoms with Crippen LogP contribution >= 0.6 is 0 Å².